The molecule has 0 bridgehead atoms. The number of carbonyl (C=O) groups is 2. The summed E-state index contributed by atoms with van der Waals surface area (Å²) < 4.78 is 7.40. The maximum absolute atomic E-state index is 12.7. The van der Waals surface area contributed by atoms with Crippen LogP contribution < -0.4 is 5.32 Å². The fourth-order valence-electron chi connectivity index (χ4n) is 4.39. The van der Waals surface area contributed by atoms with E-state index in [0.717, 1.165) is 44.2 Å². The highest BCUT2D eigenvalue weighted by atomic mass is 32.2. The van der Waals surface area contributed by atoms with E-state index >= 15 is 0 Å². The zero-order chi connectivity index (χ0) is 26.6. The highest BCUT2D eigenvalue weighted by molar-refractivity contribution is 7.97. The van der Waals surface area contributed by atoms with Crippen molar-refractivity contribution in [2.75, 3.05) is 44.7 Å². The number of benzene rings is 2. The van der Waals surface area contributed by atoms with Crippen molar-refractivity contribution in [1.29, 1.82) is 0 Å². The van der Waals surface area contributed by atoms with Crippen LogP contribution in [0, 0.1) is 5.92 Å². The van der Waals surface area contributed by atoms with Gasteiger partial charge in [-0.1, -0.05) is 45.7 Å². The number of carbonyl (C=O) groups excluding carboxylic acids is 1. The lowest BCUT2D eigenvalue weighted by molar-refractivity contribution is -0.142. The zero-order valence-electron chi connectivity index (χ0n) is 22.3. The minimum absolute atomic E-state index is 0.0358. The Labute approximate surface area is 225 Å². The Bertz CT molecular complexity index is 976. The van der Waals surface area contributed by atoms with Gasteiger partial charge in [-0.2, -0.15) is 0 Å². The Balaban J connectivity index is 1.60. The molecule has 0 spiro atoms. The largest absolute Gasteiger partial charge is 0.480 e. The summed E-state index contributed by atoms with van der Waals surface area (Å²) in [5.41, 5.74) is 2.60. The summed E-state index contributed by atoms with van der Waals surface area (Å²) >= 11 is 1.46. The molecule has 0 saturated carbocycles. The number of nitrogens with one attached hydrogen (secondary N) is 1. The second-order valence-corrected chi connectivity index (χ2v) is 11.0. The summed E-state index contributed by atoms with van der Waals surface area (Å²) in [7, 11) is 0. The second-order valence-electron chi connectivity index (χ2n) is 9.85. The first-order valence-corrected chi connectivity index (χ1v) is 14.1. The number of rotatable bonds is 14. The predicted molar refractivity (Wildman–Crippen MR) is 150 cm³/mol. The van der Waals surface area contributed by atoms with Crippen LogP contribution >= 0.6 is 11.9 Å². The monoisotopic (exact) mass is 527 g/mol. The Morgan fingerprint density at radius 2 is 1.73 bits per heavy atom. The van der Waals surface area contributed by atoms with E-state index in [2.05, 4.69) is 17.1 Å². The highest BCUT2D eigenvalue weighted by Crippen LogP contribution is 2.29. The summed E-state index contributed by atoms with van der Waals surface area (Å²) in [5, 5.41) is 12.9. The number of ether oxygens (including phenoxy) is 1. The van der Waals surface area contributed by atoms with E-state index in [1.54, 1.807) is 0 Å². The molecular weight excluding hydrogens is 486 g/mol. The number of morpholine rings is 1. The van der Waals surface area contributed by atoms with Crippen LogP contribution in [-0.4, -0.2) is 71.6 Å². The summed E-state index contributed by atoms with van der Waals surface area (Å²) in [6, 6.07) is 14.8. The first-order valence-electron chi connectivity index (χ1n) is 13.3. The first kappa shape index (κ1) is 29.2. The molecule has 0 radical (unpaired) electrons. The molecule has 1 amide bonds. The maximum Gasteiger partial charge on any atom is 0.322 e. The number of anilines is 1. The van der Waals surface area contributed by atoms with Gasteiger partial charge in [-0.05, 0) is 72.7 Å². The van der Waals surface area contributed by atoms with Crippen LogP contribution in [0.1, 0.15) is 56.0 Å². The average molecular weight is 528 g/mol. The normalized spacial score (nSPS) is 15.2. The Kier molecular flexibility index (Phi) is 11.9. The lowest BCUT2D eigenvalue weighted by atomic mass is 10.0. The number of amides is 1. The molecule has 3 rings (SSSR count). The van der Waals surface area contributed by atoms with Gasteiger partial charge in [0.25, 0.3) is 5.91 Å². The summed E-state index contributed by atoms with van der Waals surface area (Å²) in [6.45, 7) is 10.7. The number of hydrogen-bond donors (Lipinski definition) is 2. The van der Waals surface area contributed by atoms with E-state index < -0.39 is 12.0 Å². The molecule has 0 unspecified atom stereocenters. The van der Waals surface area contributed by atoms with Gasteiger partial charge in [0.1, 0.15) is 6.04 Å². The fourth-order valence-corrected chi connectivity index (χ4v) is 5.54. The minimum Gasteiger partial charge on any atom is -0.480 e. The van der Waals surface area contributed by atoms with Crippen molar-refractivity contribution in [1.82, 2.24) is 9.21 Å². The maximum atomic E-state index is 12.7. The Morgan fingerprint density at radius 1 is 1.05 bits per heavy atom. The lowest BCUT2D eigenvalue weighted by Gasteiger charge is -2.33. The van der Waals surface area contributed by atoms with Crippen LogP contribution in [-0.2, 0) is 16.0 Å². The first-order chi connectivity index (χ1) is 17.9. The van der Waals surface area contributed by atoms with Crippen LogP contribution in [0.3, 0.4) is 0 Å². The van der Waals surface area contributed by atoms with Gasteiger partial charge in [0.2, 0.25) is 0 Å². The number of nitrogens with zero attached hydrogens (tertiary/aromatic N) is 2. The van der Waals surface area contributed by atoms with E-state index in [-0.39, 0.29) is 11.8 Å². The SMILES string of the molecule is CCCCCc1ccc(C(=O)Nc2ccc(SN(CCN3CCOCC3)[C@@H](C(=O)O)C(C)C)cc2)cc1. The molecule has 1 aliphatic rings. The topological polar surface area (TPSA) is 82.1 Å². The zero-order valence-corrected chi connectivity index (χ0v) is 23.1. The molecule has 7 nitrogen and oxygen atoms in total. The molecule has 8 heteroatoms. The molecule has 202 valence electrons. The van der Waals surface area contributed by atoms with Crippen molar-refractivity contribution in [3.63, 3.8) is 0 Å². The summed E-state index contributed by atoms with van der Waals surface area (Å²) in [6.07, 6.45) is 4.62. The molecule has 0 aromatic heterocycles. The van der Waals surface area contributed by atoms with E-state index in [9.17, 15) is 14.7 Å². The third-order valence-electron chi connectivity index (χ3n) is 6.56. The minimum atomic E-state index is -0.815. The number of aliphatic carboxylic acids is 1. The molecule has 1 atom stereocenters. The molecule has 1 aliphatic heterocycles. The van der Waals surface area contributed by atoms with Crippen LogP contribution in [0.25, 0.3) is 0 Å². The molecule has 2 N–H and O–H groups in total. The smallest absolute Gasteiger partial charge is 0.322 e. The number of aryl methyl sites for hydroxylation is 1. The standard InChI is InChI=1S/C29H41N3O4S/c1-4-5-6-7-23-8-10-24(11-9-23)28(33)30-25-12-14-26(15-13-25)37-32(27(22(2)3)29(34)35)17-16-31-18-20-36-21-19-31/h8-15,22,27H,4-7,16-21H2,1-3H3,(H,30,33)(H,34,35)/t27-/m1/s1. The molecule has 1 saturated heterocycles. The number of carboxylic acid groups (broad SMARTS) is 1. The highest BCUT2D eigenvalue weighted by Gasteiger charge is 2.30. The van der Waals surface area contributed by atoms with Crippen LogP contribution in [0.4, 0.5) is 5.69 Å². The molecule has 1 fully saturated rings. The van der Waals surface area contributed by atoms with Gasteiger partial charge >= 0.3 is 5.97 Å². The van der Waals surface area contributed by atoms with Crippen molar-refractivity contribution in [2.45, 2.75) is 57.4 Å². The van der Waals surface area contributed by atoms with Crippen molar-refractivity contribution in [3.8, 4) is 0 Å². The van der Waals surface area contributed by atoms with Gasteiger partial charge < -0.3 is 15.2 Å². The third-order valence-corrected chi connectivity index (χ3v) is 7.68. The lowest BCUT2D eigenvalue weighted by Crippen LogP contribution is -2.46. The Hall–Kier alpha value is -2.39. The van der Waals surface area contributed by atoms with Crippen LogP contribution in [0.5, 0.6) is 0 Å². The van der Waals surface area contributed by atoms with Crippen molar-refractivity contribution in [3.05, 3.63) is 59.7 Å². The second kappa shape index (κ2) is 15.1. The molecular formula is C29H41N3O4S. The summed E-state index contributed by atoms with van der Waals surface area (Å²) in [5.74, 6) is -0.991. The number of carboxylic acids is 1. The van der Waals surface area contributed by atoms with E-state index in [0.29, 0.717) is 17.8 Å². The molecule has 2 aromatic rings. The molecule has 0 aliphatic carbocycles. The van der Waals surface area contributed by atoms with Crippen LogP contribution in [0.2, 0.25) is 0 Å². The molecule has 2 aromatic carbocycles. The van der Waals surface area contributed by atoms with Crippen molar-refractivity contribution < 1.29 is 19.4 Å². The van der Waals surface area contributed by atoms with E-state index in [1.807, 2.05) is 66.7 Å². The average Bonchev–Trinajstić information content (AvgIpc) is 2.89. The van der Waals surface area contributed by atoms with Gasteiger partial charge in [-0.3, -0.25) is 14.5 Å². The third kappa shape index (κ3) is 9.45. The summed E-state index contributed by atoms with van der Waals surface area (Å²) in [4.78, 5) is 28.1. The van der Waals surface area contributed by atoms with Gasteiger partial charge in [0, 0.05) is 42.3 Å². The van der Waals surface area contributed by atoms with Crippen molar-refractivity contribution >= 4 is 29.5 Å². The molecule has 1 heterocycles. The van der Waals surface area contributed by atoms with Crippen LogP contribution in [0.15, 0.2) is 53.4 Å². The van der Waals surface area contributed by atoms with Gasteiger partial charge in [0.15, 0.2) is 0 Å². The molecule has 37 heavy (non-hydrogen) atoms. The van der Waals surface area contributed by atoms with Gasteiger partial charge in [-0.25, -0.2) is 4.31 Å². The van der Waals surface area contributed by atoms with Gasteiger partial charge in [-0.15, -0.1) is 0 Å². The van der Waals surface area contributed by atoms with Crippen molar-refractivity contribution in [2.24, 2.45) is 5.92 Å². The van der Waals surface area contributed by atoms with E-state index in [1.165, 1.54) is 36.8 Å². The van der Waals surface area contributed by atoms with Gasteiger partial charge in [0.05, 0.1) is 13.2 Å². The number of unbranched alkanes of at least 4 members (excludes halogenated alkanes) is 2. The van der Waals surface area contributed by atoms with E-state index in [4.69, 9.17) is 4.74 Å². The Morgan fingerprint density at radius 3 is 2.32 bits per heavy atom. The number of hydrogen-bond acceptors (Lipinski definition) is 6. The fraction of sp³-hybridized carbons (Fsp3) is 0.517. The quantitative estimate of drug-likeness (QED) is 0.251. The predicted octanol–water partition coefficient (Wildman–Crippen LogP) is 5.42.